The Morgan fingerprint density at radius 1 is 1.00 bits per heavy atom. The summed E-state index contributed by atoms with van der Waals surface area (Å²) >= 11 is 0. The van der Waals surface area contributed by atoms with Gasteiger partial charge in [-0.05, 0) is 61.6 Å². The quantitative estimate of drug-likeness (QED) is 0.454. The minimum atomic E-state index is -4.41. The largest absolute Gasteiger partial charge is 0.482 e. The fourth-order valence-corrected chi connectivity index (χ4v) is 6.23. The number of alkyl halides is 3. The number of rotatable bonds is 7. The molecule has 2 fully saturated rings. The number of ketones is 1. The van der Waals surface area contributed by atoms with E-state index in [1.807, 2.05) is 4.90 Å². The van der Waals surface area contributed by atoms with Gasteiger partial charge in [0.05, 0.1) is 11.7 Å². The number of hydrogen-bond donors (Lipinski definition) is 1. The fraction of sp³-hybridized carbons (Fsp3) is 0.552. The van der Waals surface area contributed by atoms with Crippen molar-refractivity contribution in [3.05, 3.63) is 53.8 Å². The number of fused-ring (bicyclic) bond motifs is 1. The van der Waals surface area contributed by atoms with Gasteiger partial charge >= 0.3 is 6.18 Å². The SMILES string of the molecule is O=C(C1CCCCC1)C(C1CCc2cc(F)ccc2N1)N1CCN(c2ccccc2OCC(F)(F)F)CC1. The van der Waals surface area contributed by atoms with Gasteiger partial charge in [0.25, 0.3) is 0 Å². The third-order valence-electron chi connectivity index (χ3n) is 8.12. The highest BCUT2D eigenvalue weighted by atomic mass is 19.4. The molecule has 0 aromatic heterocycles. The summed E-state index contributed by atoms with van der Waals surface area (Å²) in [5.74, 6) is 0.301. The van der Waals surface area contributed by atoms with Gasteiger partial charge in [-0.2, -0.15) is 13.2 Å². The number of nitrogens with zero attached hydrogens (tertiary/aromatic N) is 2. The summed E-state index contributed by atoms with van der Waals surface area (Å²) in [5.41, 5.74) is 2.46. The van der Waals surface area contributed by atoms with Crippen LogP contribution in [0.3, 0.4) is 0 Å². The summed E-state index contributed by atoms with van der Waals surface area (Å²) in [6, 6.07) is 11.2. The van der Waals surface area contributed by atoms with E-state index in [1.54, 1.807) is 36.4 Å². The number of piperazine rings is 1. The normalized spacial score (nSPS) is 21.9. The summed E-state index contributed by atoms with van der Waals surface area (Å²) in [4.78, 5) is 18.3. The second kappa shape index (κ2) is 11.5. The highest BCUT2D eigenvalue weighted by Gasteiger charge is 2.40. The Hall–Kier alpha value is -2.81. The second-order valence-electron chi connectivity index (χ2n) is 10.7. The minimum Gasteiger partial charge on any atom is -0.482 e. The van der Waals surface area contributed by atoms with Gasteiger partial charge in [-0.25, -0.2) is 4.39 Å². The Labute approximate surface area is 221 Å². The van der Waals surface area contributed by atoms with E-state index >= 15 is 0 Å². The van der Waals surface area contributed by atoms with Gasteiger partial charge in [0, 0.05) is 43.8 Å². The number of para-hydroxylation sites is 2. The van der Waals surface area contributed by atoms with Crippen molar-refractivity contribution in [1.29, 1.82) is 0 Å². The van der Waals surface area contributed by atoms with Gasteiger partial charge in [0.2, 0.25) is 0 Å². The lowest BCUT2D eigenvalue weighted by molar-refractivity contribution is -0.153. The molecule has 2 atom stereocenters. The summed E-state index contributed by atoms with van der Waals surface area (Å²) in [7, 11) is 0. The molecule has 1 saturated carbocycles. The van der Waals surface area contributed by atoms with Crippen molar-refractivity contribution in [1.82, 2.24) is 4.90 Å². The average Bonchev–Trinajstić information content (AvgIpc) is 2.93. The number of ether oxygens (including phenoxy) is 1. The van der Waals surface area contributed by atoms with E-state index in [-0.39, 0.29) is 35.4 Å². The zero-order chi connectivity index (χ0) is 26.7. The maximum absolute atomic E-state index is 14.0. The van der Waals surface area contributed by atoms with Crippen LogP contribution >= 0.6 is 0 Å². The van der Waals surface area contributed by atoms with E-state index in [4.69, 9.17) is 4.74 Å². The number of hydrogen-bond acceptors (Lipinski definition) is 5. The predicted octanol–water partition coefficient (Wildman–Crippen LogP) is 5.83. The van der Waals surface area contributed by atoms with Gasteiger partial charge in [0.1, 0.15) is 11.6 Å². The van der Waals surface area contributed by atoms with Crippen LogP contribution < -0.4 is 15.0 Å². The van der Waals surface area contributed by atoms with Crippen molar-refractivity contribution < 1.29 is 27.1 Å². The van der Waals surface area contributed by atoms with Crippen LogP contribution in [0.1, 0.15) is 44.1 Å². The first kappa shape index (κ1) is 26.8. The van der Waals surface area contributed by atoms with Gasteiger partial charge in [-0.3, -0.25) is 9.69 Å². The Morgan fingerprint density at radius 2 is 1.74 bits per heavy atom. The third-order valence-corrected chi connectivity index (χ3v) is 8.12. The van der Waals surface area contributed by atoms with Crippen LogP contribution in [0.2, 0.25) is 0 Å². The number of Topliss-reactive ketones (excluding diaryl/α,β-unsaturated/α-hetero) is 1. The van der Waals surface area contributed by atoms with Crippen molar-refractivity contribution in [2.75, 3.05) is 43.0 Å². The van der Waals surface area contributed by atoms with E-state index in [0.29, 0.717) is 38.3 Å². The summed E-state index contributed by atoms with van der Waals surface area (Å²) in [6.45, 7) is 1.06. The van der Waals surface area contributed by atoms with E-state index in [2.05, 4.69) is 10.2 Å². The van der Waals surface area contributed by atoms with Crippen LogP contribution in [-0.2, 0) is 11.2 Å². The van der Waals surface area contributed by atoms with Crippen LogP contribution in [0.25, 0.3) is 0 Å². The summed E-state index contributed by atoms with van der Waals surface area (Å²) < 4.78 is 57.2. The van der Waals surface area contributed by atoms with Crippen LogP contribution in [0.5, 0.6) is 5.75 Å². The average molecular weight is 534 g/mol. The number of anilines is 2. The molecule has 2 unspecified atom stereocenters. The maximum atomic E-state index is 14.0. The molecule has 1 aliphatic carbocycles. The van der Waals surface area contributed by atoms with Crippen LogP contribution in [-0.4, -0.2) is 61.7 Å². The monoisotopic (exact) mass is 533 g/mol. The molecule has 2 aliphatic heterocycles. The van der Waals surface area contributed by atoms with Crippen molar-refractivity contribution in [3.63, 3.8) is 0 Å². The number of aryl methyl sites for hydroxylation is 1. The molecule has 1 saturated heterocycles. The number of benzene rings is 2. The van der Waals surface area contributed by atoms with Crippen molar-refractivity contribution in [2.24, 2.45) is 5.92 Å². The van der Waals surface area contributed by atoms with E-state index in [1.165, 1.54) is 12.5 Å². The Morgan fingerprint density at radius 3 is 2.47 bits per heavy atom. The molecule has 0 bridgehead atoms. The molecule has 2 heterocycles. The molecule has 3 aliphatic rings. The standard InChI is InChI=1S/C29H35F4N3O2/c30-22-11-13-23-21(18-22)10-12-24(34-23)27(28(37)20-6-2-1-3-7-20)36-16-14-35(15-17-36)25-8-4-5-9-26(25)38-19-29(31,32)33/h4-5,8-9,11,13,18,20,24,27,34H,1-3,6-7,10,12,14-17,19H2. The molecule has 0 radical (unpaired) electrons. The van der Waals surface area contributed by atoms with E-state index < -0.39 is 12.8 Å². The highest BCUT2D eigenvalue weighted by molar-refractivity contribution is 5.88. The molecule has 206 valence electrons. The molecule has 0 spiro atoms. The molecule has 2 aromatic rings. The van der Waals surface area contributed by atoms with Crippen LogP contribution in [0.4, 0.5) is 28.9 Å². The molecule has 38 heavy (non-hydrogen) atoms. The van der Waals surface area contributed by atoms with Crippen LogP contribution in [0, 0.1) is 11.7 Å². The van der Waals surface area contributed by atoms with Gasteiger partial charge in [-0.1, -0.05) is 31.4 Å². The first-order chi connectivity index (χ1) is 18.3. The second-order valence-corrected chi connectivity index (χ2v) is 10.7. The Bertz CT molecular complexity index is 1110. The molecule has 2 aromatic carbocycles. The van der Waals surface area contributed by atoms with E-state index in [0.717, 1.165) is 43.4 Å². The molecule has 5 rings (SSSR count). The van der Waals surface area contributed by atoms with Gasteiger partial charge < -0.3 is 15.0 Å². The number of carbonyl (C=O) groups excluding carboxylic acids is 1. The third kappa shape index (κ3) is 6.25. The molecular formula is C29H35F4N3O2. The smallest absolute Gasteiger partial charge is 0.422 e. The number of halogens is 4. The molecule has 1 N–H and O–H groups in total. The highest BCUT2D eigenvalue weighted by Crippen LogP contribution is 2.34. The summed E-state index contributed by atoms with van der Waals surface area (Å²) in [6.07, 6.45) is 2.22. The first-order valence-electron chi connectivity index (χ1n) is 13.6. The molecule has 5 nitrogen and oxygen atoms in total. The zero-order valence-electron chi connectivity index (χ0n) is 21.5. The van der Waals surface area contributed by atoms with Crippen molar-refractivity contribution >= 4 is 17.2 Å². The first-order valence-corrected chi connectivity index (χ1v) is 13.6. The Balaban J connectivity index is 1.32. The maximum Gasteiger partial charge on any atom is 0.422 e. The fourth-order valence-electron chi connectivity index (χ4n) is 6.23. The number of carbonyl (C=O) groups is 1. The van der Waals surface area contributed by atoms with Crippen LogP contribution in [0.15, 0.2) is 42.5 Å². The van der Waals surface area contributed by atoms with Crippen molar-refractivity contribution in [3.8, 4) is 5.75 Å². The van der Waals surface area contributed by atoms with Crippen molar-refractivity contribution in [2.45, 2.75) is 63.2 Å². The van der Waals surface area contributed by atoms with Gasteiger partial charge in [-0.15, -0.1) is 0 Å². The van der Waals surface area contributed by atoms with Gasteiger partial charge in [0.15, 0.2) is 12.4 Å². The topological polar surface area (TPSA) is 44.8 Å². The lowest BCUT2D eigenvalue weighted by Gasteiger charge is -2.45. The van der Waals surface area contributed by atoms with E-state index in [9.17, 15) is 22.4 Å². The molecule has 9 heteroatoms. The lowest BCUT2D eigenvalue weighted by Crippen LogP contribution is -2.60. The zero-order valence-corrected chi connectivity index (χ0v) is 21.5. The predicted molar refractivity (Wildman–Crippen MR) is 139 cm³/mol. The molecular weight excluding hydrogens is 498 g/mol. The molecule has 0 amide bonds. The summed E-state index contributed by atoms with van der Waals surface area (Å²) in [5, 5.41) is 3.56. The number of nitrogens with one attached hydrogen (secondary N) is 1. The Kier molecular flexibility index (Phi) is 8.12. The lowest BCUT2D eigenvalue weighted by atomic mass is 9.80. The minimum absolute atomic E-state index is 0.0553.